The molecule has 0 aromatic heterocycles. The van der Waals surface area contributed by atoms with Crippen LogP contribution in [0.2, 0.25) is 0 Å². The standard InChI is InChI=1S/C9H19F3N2/c1-14(2)7-3-4-8(5-6-13)9(10,11)12/h8H,3-7,13H2,1-2H3. The fourth-order valence-electron chi connectivity index (χ4n) is 1.33. The van der Waals surface area contributed by atoms with Crippen LogP contribution >= 0.6 is 0 Å². The van der Waals surface area contributed by atoms with Crippen LogP contribution in [0.4, 0.5) is 13.2 Å². The minimum atomic E-state index is -4.09. The molecule has 0 aliphatic heterocycles. The molecule has 0 amide bonds. The van der Waals surface area contributed by atoms with Crippen LogP contribution in [0, 0.1) is 5.92 Å². The third-order valence-electron chi connectivity index (χ3n) is 2.14. The van der Waals surface area contributed by atoms with Crippen molar-refractivity contribution in [2.45, 2.75) is 25.4 Å². The van der Waals surface area contributed by atoms with Crippen LogP contribution in [0.3, 0.4) is 0 Å². The van der Waals surface area contributed by atoms with Gasteiger partial charge in [-0.15, -0.1) is 0 Å². The van der Waals surface area contributed by atoms with E-state index in [1.54, 1.807) is 0 Å². The molecule has 5 heteroatoms. The monoisotopic (exact) mass is 212 g/mol. The lowest BCUT2D eigenvalue weighted by Gasteiger charge is -2.20. The molecule has 0 saturated heterocycles. The first kappa shape index (κ1) is 13.7. The van der Waals surface area contributed by atoms with Crippen LogP contribution < -0.4 is 5.73 Å². The Morgan fingerprint density at radius 1 is 1.21 bits per heavy atom. The van der Waals surface area contributed by atoms with Crippen LogP contribution in [0.15, 0.2) is 0 Å². The van der Waals surface area contributed by atoms with E-state index in [0.29, 0.717) is 13.0 Å². The Balaban J connectivity index is 3.86. The van der Waals surface area contributed by atoms with E-state index in [4.69, 9.17) is 5.73 Å². The van der Waals surface area contributed by atoms with Crippen LogP contribution in [0.5, 0.6) is 0 Å². The minimum Gasteiger partial charge on any atom is -0.330 e. The molecule has 86 valence electrons. The van der Waals surface area contributed by atoms with Crippen molar-refractivity contribution in [1.29, 1.82) is 0 Å². The second-order valence-electron chi connectivity index (χ2n) is 3.76. The van der Waals surface area contributed by atoms with Crippen LogP contribution in [0.1, 0.15) is 19.3 Å². The molecule has 0 spiro atoms. The Bertz CT molecular complexity index is 145. The van der Waals surface area contributed by atoms with Crippen molar-refractivity contribution in [3.63, 3.8) is 0 Å². The highest BCUT2D eigenvalue weighted by molar-refractivity contribution is 4.68. The molecule has 2 nitrogen and oxygen atoms in total. The maximum Gasteiger partial charge on any atom is 0.391 e. The lowest BCUT2D eigenvalue weighted by atomic mass is 9.99. The third kappa shape index (κ3) is 6.21. The third-order valence-corrected chi connectivity index (χ3v) is 2.14. The van der Waals surface area contributed by atoms with Gasteiger partial charge in [0, 0.05) is 0 Å². The summed E-state index contributed by atoms with van der Waals surface area (Å²) in [4.78, 5) is 1.88. The summed E-state index contributed by atoms with van der Waals surface area (Å²) in [7, 11) is 3.71. The van der Waals surface area contributed by atoms with Gasteiger partial charge in [0.05, 0.1) is 5.92 Å². The van der Waals surface area contributed by atoms with Crippen LogP contribution in [-0.4, -0.2) is 38.3 Å². The van der Waals surface area contributed by atoms with Crippen LogP contribution in [-0.2, 0) is 0 Å². The van der Waals surface area contributed by atoms with Crippen molar-refractivity contribution in [1.82, 2.24) is 4.90 Å². The first-order valence-corrected chi connectivity index (χ1v) is 4.79. The van der Waals surface area contributed by atoms with Gasteiger partial charge in [-0.3, -0.25) is 0 Å². The molecule has 0 saturated carbocycles. The van der Waals surface area contributed by atoms with Crippen molar-refractivity contribution in [3.05, 3.63) is 0 Å². The van der Waals surface area contributed by atoms with Gasteiger partial charge in [0.2, 0.25) is 0 Å². The molecule has 0 aliphatic rings. The van der Waals surface area contributed by atoms with Crippen molar-refractivity contribution < 1.29 is 13.2 Å². The smallest absolute Gasteiger partial charge is 0.330 e. The summed E-state index contributed by atoms with van der Waals surface area (Å²) in [5, 5.41) is 0. The van der Waals surface area contributed by atoms with Crippen molar-refractivity contribution in [2.24, 2.45) is 11.7 Å². The molecule has 1 unspecified atom stereocenters. The summed E-state index contributed by atoms with van der Waals surface area (Å²) in [6, 6.07) is 0. The van der Waals surface area contributed by atoms with Gasteiger partial charge in [0.15, 0.2) is 0 Å². The fourth-order valence-corrected chi connectivity index (χ4v) is 1.33. The van der Waals surface area contributed by atoms with Crippen molar-refractivity contribution >= 4 is 0 Å². The molecule has 0 fully saturated rings. The SMILES string of the molecule is CN(C)CCCC(CCN)C(F)(F)F. The topological polar surface area (TPSA) is 29.3 Å². The number of alkyl halides is 3. The molecule has 0 heterocycles. The molecule has 14 heavy (non-hydrogen) atoms. The van der Waals surface area contributed by atoms with Gasteiger partial charge in [0.25, 0.3) is 0 Å². The van der Waals surface area contributed by atoms with E-state index in [0.717, 1.165) is 0 Å². The van der Waals surface area contributed by atoms with Gasteiger partial charge in [0.1, 0.15) is 0 Å². The predicted molar refractivity (Wildman–Crippen MR) is 51.0 cm³/mol. The van der Waals surface area contributed by atoms with Gasteiger partial charge in [-0.25, -0.2) is 0 Å². The highest BCUT2D eigenvalue weighted by atomic mass is 19.4. The minimum absolute atomic E-state index is 0.0386. The van der Waals surface area contributed by atoms with Crippen LogP contribution in [0.25, 0.3) is 0 Å². The summed E-state index contributed by atoms with van der Waals surface area (Å²) in [6.45, 7) is 0.795. The average Bonchev–Trinajstić information content (AvgIpc) is 2.00. The molecular weight excluding hydrogens is 193 g/mol. The number of hydrogen-bond acceptors (Lipinski definition) is 2. The summed E-state index contributed by atoms with van der Waals surface area (Å²) < 4.78 is 37.1. The van der Waals surface area contributed by atoms with E-state index in [-0.39, 0.29) is 19.4 Å². The first-order chi connectivity index (χ1) is 6.38. The quantitative estimate of drug-likeness (QED) is 0.728. The van der Waals surface area contributed by atoms with E-state index in [1.165, 1.54) is 0 Å². The second kappa shape index (κ2) is 6.24. The average molecular weight is 212 g/mol. The molecule has 0 radical (unpaired) electrons. The maximum atomic E-state index is 12.4. The zero-order valence-corrected chi connectivity index (χ0v) is 8.77. The maximum absolute atomic E-state index is 12.4. The molecule has 0 aliphatic carbocycles. The lowest BCUT2D eigenvalue weighted by Crippen LogP contribution is -2.26. The largest absolute Gasteiger partial charge is 0.391 e. The Morgan fingerprint density at radius 3 is 2.14 bits per heavy atom. The van der Waals surface area contributed by atoms with Gasteiger partial charge in [-0.05, 0) is 46.4 Å². The second-order valence-corrected chi connectivity index (χ2v) is 3.76. The lowest BCUT2D eigenvalue weighted by molar-refractivity contribution is -0.177. The molecule has 0 rings (SSSR count). The van der Waals surface area contributed by atoms with Crippen molar-refractivity contribution in [2.75, 3.05) is 27.2 Å². The number of nitrogens with two attached hydrogens (primary N) is 1. The highest BCUT2D eigenvalue weighted by Gasteiger charge is 2.37. The van der Waals surface area contributed by atoms with Gasteiger partial charge >= 0.3 is 6.18 Å². The summed E-state index contributed by atoms with van der Waals surface area (Å²) >= 11 is 0. The summed E-state index contributed by atoms with van der Waals surface area (Å²) in [6.07, 6.45) is -3.31. The highest BCUT2D eigenvalue weighted by Crippen LogP contribution is 2.31. The Labute approximate surface area is 83.3 Å². The van der Waals surface area contributed by atoms with Gasteiger partial charge in [-0.1, -0.05) is 0 Å². The summed E-state index contributed by atoms with van der Waals surface area (Å²) in [5.41, 5.74) is 5.15. The Kier molecular flexibility index (Phi) is 6.11. The van der Waals surface area contributed by atoms with E-state index in [9.17, 15) is 13.2 Å². The molecular formula is C9H19F3N2. The number of halogens is 3. The van der Waals surface area contributed by atoms with E-state index >= 15 is 0 Å². The fraction of sp³-hybridized carbons (Fsp3) is 1.00. The molecule has 0 aromatic rings. The number of rotatable bonds is 6. The Hall–Kier alpha value is -0.290. The molecule has 0 bridgehead atoms. The van der Waals surface area contributed by atoms with Gasteiger partial charge in [-0.2, -0.15) is 13.2 Å². The Morgan fingerprint density at radius 2 is 1.79 bits per heavy atom. The molecule has 0 aromatic carbocycles. The summed E-state index contributed by atoms with van der Waals surface area (Å²) in [5.74, 6) is -1.23. The van der Waals surface area contributed by atoms with Crippen molar-refractivity contribution in [3.8, 4) is 0 Å². The van der Waals surface area contributed by atoms with E-state index < -0.39 is 12.1 Å². The number of hydrogen-bond donors (Lipinski definition) is 1. The van der Waals surface area contributed by atoms with E-state index in [2.05, 4.69) is 0 Å². The normalized spacial score (nSPS) is 14.8. The first-order valence-electron chi connectivity index (χ1n) is 4.79. The molecule has 2 N–H and O–H groups in total. The molecule has 1 atom stereocenters. The predicted octanol–water partition coefficient (Wildman–Crippen LogP) is 1.86. The zero-order valence-electron chi connectivity index (χ0n) is 8.77. The number of nitrogens with zero attached hydrogens (tertiary/aromatic N) is 1. The van der Waals surface area contributed by atoms with E-state index in [1.807, 2.05) is 19.0 Å². The van der Waals surface area contributed by atoms with Gasteiger partial charge < -0.3 is 10.6 Å². The zero-order chi connectivity index (χ0) is 11.2.